The van der Waals surface area contributed by atoms with E-state index in [1.165, 1.54) is 0 Å². The lowest BCUT2D eigenvalue weighted by atomic mass is 9.57. The molecule has 4 unspecified atom stereocenters. The number of sulfone groups is 1. The smallest absolute Gasteiger partial charge is 0.191 e. The normalized spacial score (nSPS) is 36.1. The van der Waals surface area contributed by atoms with E-state index in [1.807, 2.05) is 0 Å². The van der Waals surface area contributed by atoms with Gasteiger partial charge in [-0.3, -0.25) is 4.99 Å². The van der Waals surface area contributed by atoms with E-state index in [0.29, 0.717) is 42.0 Å². The molecule has 0 aromatic heterocycles. The van der Waals surface area contributed by atoms with Crippen molar-refractivity contribution in [3.05, 3.63) is 0 Å². The maximum absolute atomic E-state index is 11.7. The first kappa shape index (κ1) is 19.0. The van der Waals surface area contributed by atoms with E-state index < -0.39 is 9.84 Å². The van der Waals surface area contributed by atoms with Crippen molar-refractivity contribution in [1.82, 2.24) is 10.6 Å². The topological polar surface area (TPSA) is 79.8 Å². The van der Waals surface area contributed by atoms with Crippen molar-refractivity contribution in [2.24, 2.45) is 28.2 Å². The van der Waals surface area contributed by atoms with E-state index in [0.717, 1.165) is 32.0 Å². The number of fused-ring (bicyclic) bond motifs is 1. The summed E-state index contributed by atoms with van der Waals surface area (Å²) < 4.78 is 29.2. The molecule has 0 bridgehead atoms. The molecule has 2 N–H and O–H groups in total. The van der Waals surface area contributed by atoms with Crippen LogP contribution in [0.25, 0.3) is 0 Å². The second-order valence-corrected chi connectivity index (χ2v) is 11.1. The van der Waals surface area contributed by atoms with Crippen LogP contribution in [-0.4, -0.2) is 57.7 Å². The molecular weight excluding hydrogens is 338 g/mol. The summed E-state index contributed by atoms with van der Waals surface area (Å²) in [6.07, 6.45) is 2.20. The average Bonchev–Trinajstić information content (AvgIpc) is 3.11. The number of guanidine groups is 1. The van der Waals surface area contributed by atoms with Crippen LogP contribution in [0.1, 0.15) is 40.5 Å². The Morgan fingerprint density at radius 3 is 2.72 bits per heavy atom. The molecule has 2 heterocycles. The third-order valence-corrected chi connectivity index (χ3v) is 7.73. The molecule has 2 aliphatic heterocycles. The lowest BCUT2D eigenvalue weighted by molar-refractivity contribution is -0.106. The van der Waals surface area contributed by atoms with Crippen LogP contribution in [0.2, 0.25) is 0 Å². The number of ether oxygens (including phenoxy) is 1. The molecule has 1 saturated carbocycles. The Hall–Kier alpha value is -0.820. The van der Waals surface area contributed by atoms with E-state index in [-0.39, 0.29) is 11.3 Å². The molecule has 7 heteroatoms. The summed E-state index contributed by atoms with van der Waals surface area (Å²) in [5.74, 6) is 2.66. The molecule has 3 fully saturated rings. The number of hydrogen-bond donors (Lipinski definition) is 2. The van der Waals surface area contributed by atoms with Gasteiger partial charge in [0.1, 0.15) is 0 Å². The molecule has 6 nitrogen and oxygen atoms in total. The summed E-state index contributed by atoms with van der Waals surface area (Å²) in [7, 11) is -2.83. The molecule has 4 atom stereocenters. The first-order valence-corrected chi connectivity index (χ1v) is 11.4. The van der Waals surface area contributed by atoms with Crippen molar-refractivity contribution < 1.29 is 13.2 Å². The molecule has 0 spiro atoms. The minimum Gasteiger partial charge on any atom is -0.377 e. The number of nitrogens with one attached hydrogen (secondary N) is 2. The minimum absolute atomic E-state index is 0.0954. The van der Waals surface area contributed by atoms with Gasteiger partial charge in [-0.25, -0.2) is 8.42 Å². The van der Waals surface area contributed by atoms with Crippen LogP contribution in [0, 0.1) is 23.2 Å². The fourth-order valence-corrected chi connectivity index (χ4v) is 6.33. The summed E-state index contributed by atoms with van der Waals surface area (Å²) in [5, 5.41) is 7.03. The van der Waals surface area contributed by atoms with E-state index in [9.17, 15) is 8.42 Å². The molecule has 0 aromatic rings. The Morgan fingerprint density at radius 1 is 1.32 bits per heavy atom. The third kappa shape index (κ3) is 4.13. The van der Waals surface area contributed by atoms with Gasteiger partial charge in [0.2, 0.25) is 0 Å². The van der Waals surface area contributed by atoms with Crippen LogP contribution >= 0.6 is 0 Å². The Bertz CT molecular complexity index is 615. The summed E-state index contributed by atoms with van der Waals surface area (Å²) in [4.78, 5) is 4.73. The molecule has 2 saturated heterocycles. The molecule has 0 radical (unpaired) electrons. The lowest BCUT2D eigenvalue weighted by Gasteiger charge is -2.55. The summed E-state index contributed by atoms with van der Waals surface area (Å²) >= 11 is 0. The summed E-state index contributed by atoms with van der Waals surface area (Å²) in [6.45, 7) is 11.1. The fraction of sp³-hybridized carbons (Fsp3) is 0.944. The zero-order chi connectivity index (χ0) is 18.2. The molecular formula is C18H33N3O3S. The third-order valence-electron chi connectivity index (χ3n) is 5.89. The van der Waals surface area contributed by atoms with Gasteiger partial charge in [0.05, 0.1) is 17.6 Å². The van der Waals surface area contributed by atoms with Crippen LogP contribution in [0.15, 0.2) is 4.99 Å². The zero-order valence-electron chi connectivity index (χ0n) is 15.9. The van der Waals surface area contributed by atoms with Crippen molar-refractivity contribution in [3.63, 3.8) is 0 Å². The highest BCUT2D eigenvalue weighted by atomic mass is 32.2. The SMILES string of the molecule is CC(C)CN=C(NCC1CCS(=O)(=O)C1)NC1C2CCOC2C1(C)C. The van der Waals surface area contributed by atoms with Crippen molar-refractivity contribution >= 4 is 15.8 Å². The summed E-state index contributed by atoms with van der Waals surface area (Å²) in [5.41, 5.74) is 0.0954. The van der Waals surface area contributed by atoms with E-state index in [1.54, 1.807) is 0 Å². The molecule has 1 aliphatic carbocycles. The highest BCUT2D eigenvalue weighted by Crippen LogP contribution is 2.52. The maximum atomic E-state index is 11.7. The van der Waals surface area contributed by atoms with Crippen molar-refractivity contribution in [3.8, 4) is 0 Å². The first-order chi connectivity index (χ1) is 11.7. The monoisotopic (exact) mass is 371 g/mol. The van der Waals surface area contributed by atoms with Gasteiger partial charge in [-0.15, -0.1) is 0 Å². The molecule has 3 rings (SSSR count). The lowest BCUT2D eigenvalue weighted by Crippen LogP contribution is -2.68. The van der Waals surface area contributed by atoms with Crippen molar-refractivity contribution in [2.75, 3.05) is 31.2 Å². The number of rotatable bonds is 5. The van der Waals surface area contributed by atoms with Crippen LogP contribution in [-0.2, 0) is 14.6 Å². The molecule has 144 valence electrons. The Kier molecular flexibility index (Phi) is 5.36. The van der Waals surface area contributed by atoms with Gasteiger partial charge in [-0.2, -0.15) is 0 Å². The molecule has 3 aliphatic rings. The molecule has 25 heavy (non-hydrogen) atoms. The predicted octanol–water partition coefficient (Wildman–Crippen LogP) is 1.43. The number of aliphatic imine (C=N–C) groups is 1. The van der Waals surface area contributed by atoms with Gasteiger partial charge >= 0.3 is 0 Å². The average molecular weight is 372 g/mol. The van der Waals surface area contributed by atoms with Gasteiger partial charge in [-0.1, -0.05) is 27.7 Å². The van der Waals surface area contributed by atoms with E-state index in [4.69, 9.17) is 9.73 Å². The Morgan fingerprint density at radius 2 is 2.08 bits per heavy atom. The summed E-state index contributed by atoms with van der Waals surface area (Å²) in [6, 6.07) is 0.353. The predicted molar refractivity (Wildman–Crippen MR) is 100 cm³/mol. The van der Waals surface area contributed by atoms with E-state index in [2.05, 4.69) is 38.3 Å². The van der Waals surface area contributed by atoms with Crippen molar-refractivity contribution in [2.45, 2.75) is 52.7 Å². The Labute approximate surface area is 152 Å². The van der Waals surface area contributed by atoms with Gasteiger partial charge in [0.25, 0.3) is 0 Å². The van der Waals surface area contributed by atoms with Crippen molar-refractivity contribution in [1.29, 1.82) is 0 Å². The standard InChI is InChI=1S/C18H33N3O3S/c1-12(2)9-19-17(20-10-13-6-8-25(22,23)11-13)21-15-14-5-7-24-16(14)18(15,3)4/h12-16H,5-11H2,1-4H3,(H2,19,20,21). The van der Waals surface area contributed by atoms with Gasteiger partial charge in [-0.05, 0) is 24.7 Å². The highest BCUT2D eigenvalue weighted by Gasteiger charge is 2.59. The second kappa shape index (κ2) is 7.06. The Balaban J connectivity index is 1.61. The van der Waals surface area contributed by atoms with E-state index >= 15 is 0 Å². The number of nitrogens with zero attached hydrogens (tertiary/aromatic N) is 1. The van der Waals surface area contributed by atoms with Crippen LogP contribution in [0.3, 0.4) is 0 Å². The minimum atomic E-state index is -2.83. The largest absolute Gasteiger partial charge is 0.377 e. The second-order valence-electron chi connectivity index (χ2n) is 8.92. The van der Waals surface area contributed by atoms with Gasteiger partial charge in [0.15, 0.2) is 15.8 Å². The molecule has 0 aromatic carbocycles. The highest BCUT2D eigenvalue weighted by molar-refractivity contribution is 7.91. The molecule has 0 amide bonds. The first-order valence-electron chi connectivity index (χ1n) is 9.56. The van der Waals surface area contributed by atoms with Crippen LogP contribution in [0.4, 0.5) is 0 Å². The maximum Gasteiger partial charge on any atom is 0.191 e. The fourth-order valence-electron chi connectivity index (χ4n) is 4.46. The number of hydrogen-bond acceptors (Lipinski definition) is 4. The quantitative estimate of drug-likeness (QED) is 0.564. The van der Waals surface area contributed by atoms with Gasteiger partial charge < -0.3 is 15.4 Å². The van der Waals surface area contributed by atoms with Crippen LogP contribution < -0.4 is 10.6 Å². The van der Waals surface area contributed by atoms with Gasteiger partial charge in [0, 0.05) is 37.1 Å². The zero-order valence-corrected chi connectivity index (χ0v) is 16.7. The van der Waals surface area contributed by atoms with Crippen LogP contribution in [0.5, 0.6) is 0 Å².